The maximum Gasteiger partial charge on any atom is 0.407 e. The van der Waals surface area contributed by atoms with Gasteiger partial charge in [0.25, 0.3) is 5.91 Å². The lowest BCUT2D eigenvalue weighted by Gasteiger charge is -2.28. The molecule has 6 rings (SSSR count). The predicted molar refractivity (Wildman–Crippen MR) is 168 cm³/mol. The molecule has 0 unspecified atom stereocenters. The number of alkyl carbamates (subject to hydrolysis) is 1. The number of nitrogens with zero attached hydrogens (tertiary/aromatic N) is 6. The van der Waals surface area contributed by atoms with E-state index in [1.165, 1.54) is 17.9 Å². The molecule has 0 radical (unpaired) electrons. The number of carbonyl (C=O) groups is 2. The third-order valence-electron chi connectivity index (χ3n) is 8.61. The standard InChI is InChI=1S/C32H36N8O5/c1-32(2,18-33)23-7-5-6-21-22(29(41)39-10-12-45-13-11-39)15-27(37-28(21)23)36-26-16-24-25(17-34-26)38(3)31(43)40(24)20-9-8-19(14-20)35-30(42)44-4/h5-7,15-17,19-20H,8-14H2,1-4H3,(H,35,42)(H,34,36,37)/t19-,20-/m1/s1/i3D3. The molecule has 1 aromatic carbocycles. The van der Waals surface area contributed by atoms with Gasteiger partial charge < -0.3 is 25.0 Å². The van der Waals surface area contributed by atoms with Gasteiger partial charge in [-0.3, -0.25) is 13.9 Å². The maximum atomic E-state index is 13.9. The molecule has 2 aliphatic rings. The number of para-hydroxylation sites is 1. The van der Waals surface area contributed by atoms with Gasteiger partial charge in [0.1, 0.15) is 11.6 Å². The van der Waals surface area contributed by atoms with E-state index in [4.69, 9.17) is 18.6 Å². The summed E-state index contributed by atoms with van der Waals surface area (Å²) in [5.74, 6) is 0.332. The van der Waals surface area contributed by atoms with E-state index >= 15 is 0 Å². The number of imidazole rings is 1. The number of ether oxygens (including phenoxy) is 2. The van der Waals surface area contributed by atoms with Crippen LogP contribution in [-0.4, -0.2) is 75.5 Å². The van der Waals surface area contributed by atoms with Crippen molar-refractivity contribution in [1.82, 2.24) is 29.3 Å². The number of anilines is 2. The smallest absolute Gasteiger partial charge is 0.407 e. The van der Waals surface area contributed by atoms with E-state index < -0.39 is 30.2 Å². The van der Waals surface area contributed by atoms with Gasteiger partial charge in [-0.15, -0.1) is 0 Å². The van der Waals surface area contributed by atoms with Crippen molar-refractivity contribution in [3.63, 3.8) is 0 Å². The second-order valence-electron chi connectivity index (χ2n) is 11.9. The first-order valence-corrected chi connectivity index (χ1v) is 14.8. The molecule has 2 fully saturated rings. The average Bonchev–Trinajstić information content (AvgIpc) is 3.64. The van der Waals surface area contributed by atoms with Gasteiger partial charge in [0.2, 0.25) is 0 Å². The van der Waals surface area contributed by atoms with Gasteiger partial charge >= 0.3 is 11.8 Å². The summed E-state index contributed by atoms with van der Waals surface area (Å²) in [6, 6.07) is 10.3. The molecule has 234 valence electrons. The Morgan fingerprint density at radius 1 is 1.18 bits per heavy atom. The normalized spacial score (nSPS) is 19.9. The highest BCUT2D eigenvalue weighted by atomic mass is 16.5. The molecule has 13 nitrogen and oxygen atoms in total. The lowest BCUT2D eigenvalue weighted by atomic mass is 9.84. The monoisotopic (exact) mass is 615 g/mol. The second-order valence-corrected chi connectivity index (χ2v) is 11.9. The van der Waals surface area contributed by atoms with Crippen LogP contribution in [0, 0.1) is 11.3 Å². The Balaban J connectivity index is 1.46. The van der Waals surface area contributed by atoms with E-state index in [1.807, 2.05) is 6.07 Å². The van der Waals surface area contributed by atoms with Crippen molar-refractivity contribution >= 4 is 45.6 Å². The zero-order chi connectivity index (χ0) is 34.4. The number of methoxy groups -OCH3 is 1. The van der Waals surface area contributed by atoms with Crippen molar-refractivity contribution in [2.45, 2.75) is 50.6 Å². The number of fused-ring (bicyclic) bond motifs is 2. The number of hydrogen-bond acceptors (Lipinski definition) is 9. The molecule has 1 aliphatic heterocycles. The molecule has 4 aromatic rings. The Labute approximate surface area is 264 Å². The van der Waals surface area contributed by atoms with Crippen LogP contribution in [0.5, 0.6) is 0 Å². The van der Waals surface area contributed by atoms with E-state index in [-0.39, 0.29) is 29.1 Å². The lowest BCUT2D eigenvalue weighted by molar-refractivity contribution is 0.0304. The zero-order valence-corrected chi connectivity index (χ0v) is 25.3. The SMILES string of the molecule is [2H]C([2H])([2H])n1c(=O)n([C@@H]2CC[C@@H](NC(=O)OC)C2)c2cc(Nc3cc(C(=O)N4CCOCC4)c4cccc(C(C)(C)C#N)c4n3)ncc21. The van der Waals surface area contributed by atoms with Crippen molar-refractivity contribution in [2.24, 2.45) is 6.98 Å². The van der Waals surface area contributed by atoms with Crippen molar-refractivity contribution in [2.75, 3.05) is 38.7 Å². The first-order valence-electron chi connectivity index (χ1n) is 16.3. The van der Waals surface area contributed by atoms with Crippen LogP contribution in [-0.2, 0) is 21.9 Å². The largest absolute Gasteiger partial charge is 0.453 e. The van der Waals surface area contributed by atoms with Crippen LogP contribution in [0.15, 0.2) is 41.3 Å². The van der Waals surface area contributed by atoms with E-state index in [2.05, 4.69) is 21.7 Å². The first-order chi connectivity index (χ1) is 22.8. The number of aryl methyl sites for hydroxylation is 1. The number of benzene rings is 1. The summed E-state index contributed by atoms with van der Waals surface area (Å²) < 4.78 is 36.6. The minimum absolute atomic E-state index is 0.127. The molecule has 1 saturated carbocycles. The Hall–Kier alpha value is -4.96. The van der Waals surface area contributed by atoms with Gasteiger partial charge in [-0.2, -0.15) is 5.26 Å². The number of aromatic nitrogens is 4. The lowest BCUT2D eigenvalue weighted by Crippen LogP contribution is -2.40. The Morgan fingerprint density at radius 2 is 1.98 bits per heavy atom. The van der Waals surface area contributed by atoms with Crippen molar-refractivity contribution in [3.8, 4) is 6.07 Å². The Kier molecular flexibility index (Phi) is 6.96. The summed E-state index contributed by atoms with van der Waals surface area (Å²) in [7, 11) is 1.27. The fourth-order valence-electron chi connectivity index (χ4n) is 6.21. The van der Waals surface area contributed by atoms with E-state index in [0.717, 1.165) is 4.57 Å². The fourth-order valence-corrected chi connectivity index (χ4v) is 6.21. The Bertz CT molecular complexity index is 2010. The molecule has 0 spiro atoms. The number of amides is 2. The Morgan fingerprint density at radius 3 is 2.71 bits per heavy atom. The van der Waals surface area contributed by atoms with Crippen molar-refractivity contribution in [3.05, 3.63) is 58.1 Å². The molecular formula is C32H36N8O5. The van der Waals surface area contributed by atoms with Gasteiger partial charge in [-0.25, -0.2) is 19.6 Å². The molecule has 1 saturated heterocycles. The second kappa shape index (κ2) is 11.9. The number of pyridine rings is 2. The molecule has 2 amide bonds. The highest BCUT2D eigenvalue weighted by Crippen LogP contribution is 2.34. The van der Waals surface area contributed by atoms with Gasteiger partial charge in [-0.1, -0.05) is 18.2 Å². The third kappa shape index (κ3) is 5.57. The van der Waals surface area contributed by atoms with Gasteiger partial charge in [-0.05, 0) is 44.7 Å². The van der Waals surface area contributed by atoms with E-state index in [1.54, 1.807) is 43.0 Å². The fraction of sp³-hybridized carbons (Fsp3) is 0.438. The van der Waals surface area contributed by atoms with Crippen LogP contribution in [0.25, 0.3) is 21.9 Å². The summed E-state index contributed by atoms with van der Waals surface area (Å²) >= 11 is 0. The highest BCUT2D eigenvalue weighted by molar-refractivity contribution is 6.08. The molecule has 1 aliphatic carbocycles. The minimum Gasteiger partial charge on any atom is -0.453 e. The molecular weight excluding hydrogens is 576 g/mol. The van der Waals surface area contributed by atoms with Crippen LogP contribution < -0.4 is 16.3 Å². The highest BCUT2D eigenvalue weighted by Gasteiger charge is 2.31. The molecule has 2 N–H and O–H groups in total. The third-order valence-corrected chi connectivity index (χ3v) is 8.61. The quantitative estimate of drug-likeness (QED) is 0.330. The summed E-state index contributed by atoms with van der Waals surface area (Å²) in [6.07, 6.45) is 2.24. The van der Waals surface area contributed by atoms with Crippen LogP contribution in [0.2, 0.25) is 0 Å². The molecule has 45 heavy (non-hydrogen) atoms. The van der Waals surface area contributed by atoms with Crippen LogP contribution >= 0.6 is 0 Å². The number of hydrogen-bond donors (Lipinski definition) is 2. The van der Waals surface area contributed by atoms with Crippen LogP contribution in [0.1, 0.15) is 59.2 Å². The van der Waals surface area contributed by atoms with Crippen molar-refractivity contribution in [1.29, 1.82) is 5.26 Å². The van der Waals surface area contributed by atoms with Gasteiger partial charge in [0, 0.05) is 47.7 Å². The summed E-state index contributed by atoms with van der Waals surface area (Å²) in [6.45, 7) is 2.52. The number of nitriles is 1. The molecule has 4 heterocycles. The topological polar surface area (TPSA) is 156 Å². The maximum absolute atomic E-state index is 13.9. The minimum atomic E-state index is -2.77. The van der Waals surface area contributed by atoms with Crippen LogP contribution in [0.4, 0.5) is 16.4 Å². The summed E-state index contributed by atoms with van der Waals surface area (Å²) in [4.78, 5) is 50.4. The molecule has 2 atom stereocenters. The van der Waals surface area contributed by atoms with E-state index in [0.29, 0.717) is 73.1 Å². The summed E-state index contributed by atoms with van der Waals surface area (Å²) in [5.41, 5.74) is 0.354. The van der Waals surface area contributed by atoms with Crippen molar-refractivity contribution < 1.29 is 23.2 Å². The predicted octanol–water partition coefficient (Wildman–Crippen LogP) is 3.75. The van der Waals surface area contributed by atoms with Gasteiger partial charge in [0.15, 0.2) is 0 Å². The van der Waals surface area contributed by atoms with E-state index in [9.17, 15) is 19.6 Å². The molecule has 13 heteroatoms. The van der Waals surface area contributed by atoms with Crippen LogP contribution in [0.3, 0.4) is 0 Å². The number of nitrogens with one attached hydrogen (secondary N) is 2. The summed E-state index contributed by atoms with van der Waals surface area (Å²) in [5, 5.41) is 16.5. The zero-order valence-electron chi connectivity index (χ0n) is 28.3. The number of rotatable bonds is 6. The first kappa shape index (κ1) is 26.4. The average molecular weight is 616 g/mol. The van der Waals surface area contributed by atoms with Gasteiger partial charge in [0.05, 0.1) is 60.1 Å². The number of carbonyl (C=O) groups excluding carboxylic acids is 2. The molecule has 0 bridgehead atoms. The number of morpholine rings is 1. The molecule has 3 aromatic heterocycles.